The van der Waals surface area contributed by atoms with Crippen molar-refractivity contribution in [3.05, 3.63) is 23.2 Å². The van der Waals surface area contributed by atoms with Crippen LogP contribution in [0.3, 0.4) is 0 Å². The van der Waals surface area contributed by atoms with E-state index in [9.17, 15) is 26.0 Å². The average molecular weight is 396 g/mol. The van der Waals surface area contributed by atoms with Crippen molar-refractivity contribution in [3.8, 4) is 0 Å². The fourth-order valence-electron chi connectivity index (χ4n) is 4.06. The van der Waals surface area contributed by atoms with E-state index in [1.165, 1.54) is 12.8 Å². The summed E-state index contributed by atoms with van der Waals surface area (Å²) >= 11 is 0. The number of allylic oxidation sites excluding steroid dienone is 2. The van der Waals surface area contributed by atoms with Crippen molar-refractivity contribution in [2.75, 3.05) is 13.1 Å². The molecule has 26 heavy (non-hydrogen) atoms. The molecule has 148 valence electrons. The molecule has 3 aliphatic rings. The van der Waals surface area contributed by atoms with Gasteiger partial charge in [-0.3, -0.25) is 0 Å². The van der Waals surface area contributed by atoms with Gasteiger partial charge in [0.05, 0.1) is 0 Å². The van der Waals surface area contributed by atoms with Gasteiger partial charge in [0.2, 0.25) is 0 Å². The zero-order valence-electron chi connectivity index (χ0n) is 14.5. The van der Waals surface area contributed by atoms with E-state index < -0.39 is 33.9 Å². The lowest BCUT2D eigenvalue weighted by molar-refractivity contribution is -0.0487. The molecule has 1 saturated heterocycles. The van der Waals surface area contributed by atoms with Crippen molar-refractivity contribution in [1.29, 1.82) is 0 Å². The van der Waals surface area contributed by atoms with Gasteiger partial charge < -0.3 is 5.32 Å². The molecule has 1 saturated carbocycles. The Kier molecular flexibility index (Phi) is 5.67. The molecular weight excluding hydrogens is 372 g/mol. The summed E-state index contributed by atoms with van der Waals surface area (Å²) in [7, 11) is -5.50. The third-order valence-electron chi connectivity index (χ3n) is 5.51. The standard InChI is InChI=1S/C17H24F4N2O2S/c18-15-6-3-7-16-14(15)11-23(26(24,25)17(19,20)21)10-13(22-16)9-8-12-4-1-2-5-12/h7,12-13,22H,1-6,8-11H2/t13-/m0/s1. The van der Waals surface area contributed by atoms with E-state index in [-0.39, 0.29) is 18.5 Å². The zero-order chi connectivity index (χ0) is 18.9. The van der Waals surface area contributed by atoms with E-state index in [0.717, 1.165) is 19.3 Å². The van der Waals surface area contributed by atoms with Gasteiger partial charge in [-0.25, -0.2) is 12.8 Å². The summed E-state index contributed by atoms with van der Waals surface area (Å²) in [5.74, 6) is 0.00799. The Labute approximate surface area is 151 Å². The second-order valence-electron chi connectivity index (χ2n) is 7.35. The third kappa shape index (κ3) is 4.08. The molecule has 0 aromatic rings. The van der Waals surface area contributed by atoms with Gasteiger partial charge >= 0.3 is 15.5 Å². The Balaban J connectivity index is 1.83. The van der Waals surface area contributed by atoms with Gasteiger partial charge in [0.15, 0.2) is 0 Å². The van der Waals surface area contributed by atoms with Gasteiger partial charge in [-0.1, -0.05) is 31.8 Å². The molecule has 1 aliphatic heterocycles. The second-order valence-corrected chi connectivity index (χ2v) is 9.28. The lowest BCUT2D eigenvalue weighted by atomic mass is 9.98. The topological polar surface area (TPSA) is 49.4 Å². The molecule has 1 N–H and O–H groups in total. The van der Waals surface area contributed by atoms with Crippen LogP contribution in [0.5, 0.6) is 0 Å². The normalized spacial score (nSPS) is 26.3. The molecule has 9 heteroatoms. The minimum atomic E-state index is -5.50. The van der Waals surface area contributed by atoms with E-state index in [2.05, 4.69) is 5.32 Å². The van der Waals surface area contributed by atoms with Crippen LogP contribution in [-0.4, -0.2) is 37.4 Å². The van der Waals surface area contributed by atoms with Gasteiger partial charge in [-0.05, 0) is 25.2 Å². The molecule has 0 radical (unpaired) electrons. The van der Waals surface area contributed by atoms with Gasteiger partial charge in [-0.15, -0.1) is 0 Å². The summed E-state index contributed by atoms with van der Waals surface area (Å²) in [6, 6.07) is -0.456. The van der Waals surface area contributed by atoms with E-state index in [0.29, 0.717) is 28.8 Å². The van der Waals surface area contributed by atoms with Gasteiger partial charge in [0, 0.05) is 36.8 Å². The molecule has 0 aromatic carbocycles. The molecule has 0 spiro atoms. The van der Waals surface area contributed by atoms with Crippen molar-refractivity contribution < 1.29 is 26.0 Å². The maximum absolute atomic E-state index is 14.2. The van der Waals surface area contributed by atoms with Crippen molar-refractivity contribution in [1.82, 2.24) is 9.62 Å². The molecule has 0 aromatic heterocycles. The van der Waals surface area contributed by atoms with Crippen LogP contribution >= 0.6 is 0 Å². The highest BCUT2D eigenvalue weighted by molar-refractivity contribution is 7.90. The molecule has 2 fully saturated rings. The minimum Gasteiger partial charge on any atom is -0.381 e. The molecule has 1 heterocycles. The number of nitrogens with one attached hydrogen (secondary N) is 1. The quantitative estimate of drug-likeness (QED) is 0.732. The number of halogens is 4. The van der Waals surface area contributed by atoms with Crippen LogP contribution in [0.1, 0.15) is 51.4 Å². The number of hydrogen-bond donors (Lipinski definition) is 1. The number of hydrogen-bond acceptors (Lipinski definition) is 3. The number of alkyl halides is 3. The van der Waals surface area contributed by atoms with Crippen LogP contribution in [0.2, 0.25) is 0 Å². The molecular formula is C17H24F4N2O2S. The highest BCUT2D eigenvalue weighted by atomic mass is 32.2. The van der Waals surface area contributed by atoms with Gasteiger partial charge in [0.1, 0.15) is 5.83 Å². The lowest BCUT2D eigenvalue weighted by Gasteiger charge is -2.25. The Morgan fingerprint density at radius 1 is 1.19 bits per heavy atom. The highest BCUT2D eigenvalue weighted by Gasteiger charge is 2.51. The molecule has 0 amide bonds. The van der Waals surface area contributed by atoms with Crippen molar-refractivity contribution >= 4 is 10.0 Å². The SMILES string of the molecule is O=S(=O)(N1CC2=C(F)CCC=C2N[C@@H](CCC2CCCC2)C1)C(F)(F)F. The smallest absolute Gasteiger partial charge is 0.381 e. The predicted molar refractivity (Wildman–Crippen MR) is 90.1 cm³/mol. The van der Waals surface area contributed by atoms with Crippen molar-refractivity contribution in [2.24, 2.45) is 5.92 Å². The summed E-state index contributed by atoms with van der Waals surface area (Å²) in [5, 5.41) is 3.12. The maximum atomic E-state index is 14.2. The first kappa shape index (κ1) is 19.7. The Morgan fingerprint density at radius 3 is 2.54 bits per heavy atom. The summed E-state index contributed by atoms with van der Waals surface area (Å²) in [5.41, 5.74) is -4.90. The van der Waals surface area contributed by atoms with Crippen LogP contribution in [0.25, 0.3) is 0 Å². The number of rotatable bonds is 4. The van der Waals surface area contributed by atoms with Crippen LogP contribution in [0.15, 0.2) is 23.2 Å². The fourth-order valence-corrected chi connectivity index (χ4v) is 5.03. The van der Waals surface area contributed by atoms with E-state index in [4.69, 9.17) is 0 Å². The average Bonchev–Trinajstić information content (AvgIpc) is 2.99. The second kappa shape index (κ2) is 7.50. The van der Waals surface area contributed by atoms with Gasteiger partial charge in [-0.2, -0.15) is 17.5 Å². The van der Waals surface area contributed by atoms with Crippen molar-refractivity contribution in [3.63, 3.8) is 0 Å². The van der Waals surface area contributed by atoms with E-state index >= 15 is 0 Å². The monoisotopic (exact) mass is 396 g/mol. The first-order valence-electron chi connectivity index (χ1n) is 9.09. The molecule has 0 unspecified atom stereocenters. The maximum Gasteiger partial charge on any atom is 0.511 e. The Hall–Kier alpha value is -1.09. The van der Waals surface area contributed by atoms with Crippen LogP contribution in [-0.2, 0) is 10.0 Å². The summed E-state index contributed by atoms with van der Waals surface area (Å²) in [6.45, 7) is -0.880. The van der Waals surface area contributed by atoms with Crippen LogP contribution in [0.4, 0.5) is 17.6 Å². The molecule has 0 bridgehead atoms. The van der Waals surface area contributed by atoms with Crippen LogP contribution < -0.4 is 5.32 Å². The molecule has 2 aliphatic carbocycles. The molecule has 1 atom stereocenters. The Morgan fingerprint density at radius 2 is 1.88 bits per heavy atom. The first-order chi connectivity index (χ1) is 12.2. The summed E-state index contributed by atoms with van der Waals surface area (Å²) in [6.07, 6.45) is 8.27. The van der Waals surface area contributed by atoms with E-state index in [1.807, 2.05) is 0 Å². The fraction of sp³-hybridized carbons (Fsp3) is 0.765. The largest absolute Gasteiger partial charge is 0.511 e. The first-order valence-corrected chi connectivity index (χ1v) is 10.5. The predicted octanol–water partition coefficient (Wildman–Crippen LogP) is 3.98. The van der Waals surface area contributed by atoms with Gasteiger partial charge in [0.25, 0.3) is 0 Å². The Bertz CT molecular complexity index is 694. The lowest BCUT2D eigenvalue weighted by Crippen LogP contribution is -2.45. The third-order valence-corrected chi connectivity index (χ3v) is 7.06. The number of fused-ring (bicyclic) bond motifs is 1. The summed E-state index contributed by atoms with van der Waals surface area (Å²) < 4.78 is 77.7. The highest BCUT2D eigenvalue weighted by Crippen LogP contribution is 2.35. The van der Waals surface area contributed by atoms with Crippen molar-refractivity contribution in [2.45, 2.75) is 62.9 Å². The van der Waals surface area contributed by atoms with E-state index in [1.54, 1.807) is 6.08 Å². The molecule has 4 nitrogen and oxygen atoms in total. The van der Waals surface area contributed by atoms with Crippen LogP contribution in [0, 0.1) is 5.92 Å². The molecule has 3 rings (SSSR count). The number of sulfonamides is 1. The summed E-state index contributed by atoms with van der Waals surface area (Å²) in [4.78, 5) is 0. The number of nitrogens with zero attached hydrogens (tertiary/aromatic N) is 1. The minimum absolute atomic E-state index is 0.0347. The zero-order valence-corrected chi connectivity index (χ0v) is 15.3.